The molecule has 1 unspecified atom stereocenters. The fourth-order valence-electron chi connectivity index (χ4n) is 3.89. The first-order valence-corrected chi connectivity index (χ1v) is 10.3. The number of aromatic nitrogens is 5. The van der Waals surface area contributed by atoms with E-state index in [1.165, 1.54) is 17.3 Å². The number of aryl methyl sites for hydroxylation is 1. The molecule has 11 heteroatoms. The van der Waals surface area contributed by atoms with Crippen molar-refractivity contribution >= 4 is 17.6 Å². The molecular weight excluding hydrogens is 420 g/mol. The molecule has 2 aromatic heterocycles. The highest BCUT2D eigenvalue weighted by Crippen LogP contribution is 2.55. The van der Waals surface area contributed by atoms with Crippen molar-refractivity contribution in [1.29, 1.82) is 0 Å². The Kier molecular flexibility index (Phi) is 4.75. The van der Waals surface area contributed by atoms with E-state index in [0.717, 1.165) is 5.56 Å². The quantitative estimate of drug-likeness (QED) is 0.651. The maximum atomic E-state index is 13.4. The van der Waals surface area contributed by atoms with Gasteiger partial charge in [0.25, 0.3) is 17.7 Å². The third-order valence-corrected chi connectivity index (χ3v) is 5.79. The van der Waals surface area contributed by atoms with Crippen LogP contribution in [0.15, 0.2) is 42.7 Å². The molecule has 1 saturated carbocycles. The first-order valence-electron chi connectivity index (χ1n) is 10.3. The van der Waals surface area contributed by atoms with E-state index in [-0.39, 0.29) is 24.6 Å². The van der Waals surface area contributed by atoms with E-state index >= 15 is 0 Å². The molecule has 9 nitrogen and oxygen atoms in total. The smallest absolute Gasteiger partial charge is 0.291 e. The van der Waals surface area contributed by atoms with E-state index in [1.807, 2.05) is 30.3 Å². The van der Waals surface area contributed by atoms with E-state index in [1.54, 1.807) is 16.4 Å². The predicted octanol–water partition coefficient (Wildman–Crippen LogP) is 1.81. The number of hydrogen-bond acceptors (Lipinski definition) is 5. The summed E-state index contributed by atoms with van der Waals surface area (Å²) in [4.78, 5) is 31.0. The van der Waals surface area contributed by atoms with Crippen molar-refractivity contribution in [3.8, 4) is 0 Å². The first-order chi connectivity index (χ1) is 15.3. The number of alkyl halides is 2. The third kappa shape index (κ3) is 3.74. The molecule has 2 aliphatic rings. The third-order valence-electron chi connectivity index (χ3n) is 5.79. The Labute approximate surface area is 182 Å². The summed E-state index contributed by atoms with van der Waals surface area (Å²) in [6, 6.07) is 10.4. The minimum atomic E-state index is -2.73. The molecule has 1 fully saturated rings. The van der Waals surface area contributed by atoms with Gasteiger partial charge < -0.3 is 5.32 Å². The number of nitrogens with zero attached hydrogens (tertiary/aromatic N) is 6. The van der Waals surface area contributed by atoms with Gasteiger partial charge in [-0.25, -0.2) is 23.1 Å². The van der Waals surface area contributed by atoms with Gasteiger partial charge in [-0.2, -0.15) is 5.10 Å². The lowest BCUT2D eigenvalue weighted by atomic mass is 10.2. The minimum absolute atomic E-state index is 0.0309. The second-order valence-corrected chi connectivity index (χ2v) is 8.13. The van der Waals surface area contributed by atoms with E-state index in [9.17, 15) is 18.4 Å². The molecule has 1 N–H and O–H groups in total. The van der Waals surface area contributed by atoms with Crippen LogP contribution in [0, 0.1) is 0 Å². The Morgan fingerprint density at radius 1 is 1.25 bits per heavy atom. The molecule has 0 spiro atoms. The van der Waals surface area contributed by atoms with Crippen molar-refractivity contribution in [3.05, 3.63) is 59.8 Å². The van der Waals surface area contributed by atoms with Gasteiger partial charge in [0.1, 0.15) is 18.2 Å². The molecule has 1 aliphatic heterocycles. The molecule has 1 aliphatic carbocycles. The number of amides is 2. The summed E-state index contributed by atoms with van der Waals surface area (Å²) in [6.45, 7) is 0.778. The highest BCUT2D eigenvalue weighted by atomic mass is 19.3. The maximum absolute atomic E-state index is 13.4. The summed E-state index contributed by atoms with van der Waals surface area (Å²) in [5.74, 6) is -4.11. The van der Waals surface area contributed by atoms with Crippen LogP contribution in [0.3, 0.4) is 0 Å². The number of anilines is 1. The molecule has 3 aromatic rings. The second kappa shape index (κ2) is 7.50. The SMILES string of the molecule is CN1C(=O)[C@H](NC(=O)c2ncn(Cc3ccccc3)n2)CCn2nc(C3CC3(F)F)cc21. The number of halogens is 2. The highest BCUT2D eigenvalue weighted by Gasteiger charge is 2.59. The Bertz CT molecular complexity index is 1170. The summed E-state index contributed by atoms with van der Waals surface area (Å²) in [5.41, 5.74) is 1.31. The van der Waals surface area contributed by atoms with Gasteiger partial charge in [0.15, 0.2) is 0 Å². The number of rotatable bonds is 5. The van der Waals surface area contributed by atoms with Crippen molar-refractivity contribution in [2.75, 3.05) is 11.9 Å². The number of carbonyl (C=O) groups is 2. The van der Waals surface area contributed by atoms with Gasteiger partial charge in [-0.3, -0.25) is 14.5 Å². The molecule has 2 amide bonds. The van der Waals surface area contributed by atoms with Crippen molar-refractivity contribution in [2.24, 2.45) is 0 Å². The van der Waals surface area contributed by atoms with Gasteiger partial charge >= 0.3 is 0 Å². The highest BCUT2D eigenvalue weighted by molar-refractivity contribution is 6.00. The zero-order valence-corrected chi connectivity index (χ0v) is 17.3. The van der Waals surface area contributed by atoms with Crippen molar-refractivity contribution in [3.63, 3.8) is 0 Å². The van der Waals surface area contributed by atoms with Crippen molar-refractivity contribution in [2.45, 2.75) is 43.8 Å². The van der Waals surface area contributed by atoms with Gasteiger partial charge in [-0.1, -0.05) is 30.3 Å². The van der Waals surface area contributed by atoms with Crippen molar-refractivity contribution in [1.82, 2.24) is 29.9 Å². The van der Waals surface area contributed by atoms with Crippen LogP contribution >= 0.6 is 0 Å². The normalized spacial score (nSPS) is 21.7. The Morgan fingerprint density at radius 3 is 2.72 bits per heavy atom. The van der Waals surface area contributed by atoms with Crippen LogP contribution in [0.5, 0.6) is 0 Å². The summed E-state index contributed by atoms with van der Waals surface area (Å²) in [6.07, 6.45) is 1.52. The van der Waals surface area contributed by atoms with Gasteiger partial charge in [-0.05, 0) is 12.0 Å². The number of fused-ring (bicyclic) bond motifs is 1. The second-order valence-electron chi connectivity index (χ2n) is 8.13. The molecule has 32 heavy (non-hydrogen) atoms. The standard InChI is InChI=1S/C21H21F2N7O2/c1-28-17-9-16(14-10-21(14,22)23)26-30(17)8-7-15(20(28)32)25-19(31)18-24-12-29(27-18)11-13-5-3-2-4-6-13/h2-6,9,12,14-15H,7-8,10-11H2,1H3,(H,25,31)/t14?,15-/m1/s1. The van der Waals surface area contributed by atoms with E-state index in [0.29, 0.717) is 24.6 Å². The molecule has 166 valence electrons. The first kappa shape index (κ1) is 20.3. The fraction of sp³-hybridized carbons (Fsp3) is 0.381. The minimum Gasteiger partial charge on any atom is -0.337 e. The van der Waals surface area contributed by atoms with Crippen LogP contribution in [0.1, 0.15) is 40.6 Å². The summed E-state index contributed by atoms with van der Waals surface area (Å²) < 4.78 is 29.9. The van der Waals surface area contributed by atoms with E-state index in [4.69, 9.17) is 0 Å². The number of hydrogen-bond donors (Lipinski definition) is 1. The molecular formula is C21H21F2N7O2. The molecule has 2 atom stereocenters. The average Bonchev–Trinajstić information content (AvgIpc) is 3.12. The fourth-order valence-corrected chi connectivity index (χ4v) is 3.89. The summed E-state index contributed by atoms with van der Waals surface area (Å²) in [7, 11) is 1.54. The topological polar surface area (TPSA) is 97.9 Å². The molecule has 0 saturated heterocycles. The largest absolute Gasteiger partial charge is 0.337 e. The average molecular weight is 441 g/mol. The number of carbonyl (C=O) groups excluding carboxylic acids is 2. The molecule has 0 bridgehead atoms. The molecule has 3 heterocycles. The van der Waals surface area contributed by atoms with Crippen LogP contribution in [-0.4, -0.2) is 55.4 Å². The summed E-state index contributed by atoms with van der Waals surface area (Å²) in [5, 5.41) is 11.2. The van der Waals surface area contributed by atoms with Gasteiger partial charge in [-0.15, -0.1) is 5.10 Å². The van der Waals surface area contributed by atoms with Gasteiger partial charge in [0, 0.05) is 26.1 Å². The number of nitrogens with one attached hydrogen (secondary N) is 1. The van der Waals surface area contributed by atoms with Crippen molar-refractivity contribution < 1.29 is 18.4 Å². The Morgan fingerprint density at radius 2 is 2.00 bits per heavy atom. The zero-order valence-electron chi connectivity index (χ0n) is 17.3. The van der Waals surface area contributed by atoms with E-state index < -0.39 is 23.8 Å². The van der Waals surface area contributed by atoms with Crippen LogP contribution in [0.4, 0.5) is 14.6 Å². The van der Waals surface area contributed by atoms with E-state index in [2.05, 4.69) is 20.5 Å². The molecule has 0 radical (unpaired) electrons. The lowest BCUT2D eigenvalue weighted by molar-refractivity contribution is -0.120. The lowest BCUT2D eigenvalue weighted by Crippen LogP contribution is -2.47. The van der Waals surface area contributed by atoms with Crippen LogP contribution in [0.2, 0.25) is 0 Å². The molecule has 1 aromatic carbocycles. The lowest BCUT2D eigenvalue weighted by Gasteiger charge is -2.19. The molecule has 5 rings (SSSR count). The van der Waals surface area contributed by atoms with Crippen LogP contribution in [-0.2, 0) is 17.9 Å². The maximum Gasteiger partial charge on any atom is 0.291 e. The van der Waals surface area contributed by atoms with Crippen LogP contribution < -0.4 is 10.2 Å². The monoisotopic (exact) mass is 441 g/mol. The van der Waals surface area contributed by atoms with Gasteiger partial charge in [0.05, 0.1) is 18.2 Å². The number of benzene rings is 1. The summed E-state index contributed by atoms with van der Waals surface area (Å²) >= 11 is 0. The number of likely N-dealkylation sites (N-methyl/N-ethyl adjacent to an activating group) is 1. The Balaban J connectivity index is 1.25. The van der Waals surface area contributed by atoms with Gasteiger partial charge in [0.2, 0.25) is 5.82 Å². The zero-order chi connectivity index (χ0) is 22.5. The predicted molar refractivity (Wildman–Crippen MR) is 109 cm³/mol. The van der Waals surface area contributed by atoms with Crippen LogP contribution in [0.25, 0.3) is 0 Å². The Hall–Kier alpha value is -3.63.